The van der Waals surface area contributed by atoms with Crippen LogP contribution in [0.5, 0.6) is 0 Å². The highest BCUT2D eigenvalue weighted by Crippen LogP contribution is 2.61. The lowest BCUT2D eigenvalue weighted by atomic mass is 9.70. The van der Waals surface area contributed by atoms with Crippen LogP contribution in [0.2, 0.25) is 0 Å². The number of likely N-dealkylation sites (tertiary alicyclic amines) is 1. The Labute approximate surface area is 300 Å². The van der Waals surface area contributed by atoms with Crippen molar-refractivity contribution in [3.8, 4) is 0 Å². The first-order chi connectivity index (χ1) is 23.3. The number of carbonyl (C=O) groups is 4. The van der Waals surface area contributed by atoms with E-state index in [1.54, 1.807) is 29.0 Å². The third-order valence-corrected chi connectivity index (χ3v) is 11.6. The lowest BCUT2D eigenvalue weighted by molar-refractivity contribution is -0.165. The molecule has 1 spiro atoms. The molecule has 3 heterocycles. The van der Waals surface area contributed by atoms with E-state index in [1.165, 1.54) is 4.90 Å². The molecule has 2 bridgehead atoms. The summed E-state index contributed by atoms with van der Waals surface area (Å²) < 4.78 is 13.1. The SMILES string of the molecule is C=CCCC(=O)N(C)[C@@H](C)[C@@H](OC(=O)[C@@H]1[C@H]2O[C@@]3(CC2Br)[C@H](C(=O)N(CC=C)C(C)CCC)N([C@@H](CO)C(C)C)C(=O)[C@@H]13)c1ccccc1. The Kier molecular flexibility index (Phi) is 12.9. The Balaban J connectivity index is 1.77. The highest BCUT2D eigenvalue weighted by Gasteiger charge is 2.77. The molecule has 4 rings (SSSR count). The summed E-state index contributed by atoms with van der Waals surface area (Å²) in [5.41, 5.74) is -0.603. The largest absolute Gasteiger partial charge is 0.455 e. The number of allylic oxidation sites excluding steroid dienone is 1. The van der Waals surface area contributed by atoms with Crippen LogP contribution in [0.4, 0.5) is 0 Å². The number of fused-ring (bicyclic) bond motifs is 1. The molecule has 1 N–H and O–H groups in total. The molecule has 3 saturated heterocycles. The number of halogens is 1. The van der Waals surface area contributed by atoms with Crippen molar-refractivity contribution in [2.45, 2.75) is 114 Å². The van der Waals surface area contributed by atoms with E-state index in [-0.39, 0.29) is 48.2 Å². The lowest BCUT2D eigenvalue weighted by Crippen LogP contribution is -2.61. The topological polar surface area (TPSA) is 117 Å². The van der Waals surface area contributed by atoms with Gasteiger partial charge in [0.25, 0.3) is 0 Å². The van der Waals surface area contributed by atoms with Crippen LogP contribution in [0.1, 0.15) is 78.4 Å². The average molecular weight is 745 g/mol. The number of amides is 3. The molecule has 0 aliphatic carbocycles. The van der Waals surface area contributed by atoms with E-state index in [2.05, 4.69) is 36.0 Å². The quantitative estimate of drug-likeness (QED) is 0.135. The van der Waals surface area contributed by atoms with Crippen molar-refractivity contribution >= 4 is 39.6 Å². The Morgan fingerprint density at radius 1 is 1.16 bits per heavy atom. The number of hydrogen-bond donors (Lipinski definition) is 1. The predicted molar refractivity (Wildman–Crippen MR) is 191 cm³/mol. The molecular formula is C38H54BrN3O7. The molecule has 1 aromatic carbocycles. The number of carbonyl (C=O) groups excluding carboxylic acids is 4. The second-order valence-electron chi connectivity index (χ2n) is 14.2. The molecular weight excluding hydrogens is 690 g/mol. The fraction of sp³-hybridized carbons (Fsp3) is 0.632. The van der Waals surface area contributed by atoms with E-state index in [4.69, 9.17) is 9.47 Å². The van der Waals surface area contributed by atoms with Crippen LogP contribution in [0.25, 0.3) is 0 Å². The summed E-state index contributed by atoms with van der Waals surface area (Å²) in [6.07, 6.45) is 4.57. The van der Waals surface area contributed by atoms with E-state index in [1.807, 2.05) is 58.0 Å². The van der Waals surface area contributed by atoms with Gasteiger partial charge in [-0.1, -0.05) is 85.6 Å². The first-order valence-corrected chi connectivity index (χ1v) is 18.5. The molecule has 10 nitrogen and oxygen atoms in total. The molecule has 3 amide bonds. The second-order valence-corrected chi connectivity index (χ2v) is 15.3. The van der Waals surface area contributed by atoms with Crippen LogP contribution in [0, 0.1) is 17.8 Å². The van der Waals surface area contributed by atoms with Crippen LogP contribution in [-0.4, -0.2) is 104 Å². The zero-order valence-electron chi connectivity index (χ0n) is 29.8. The number of aliphatic hydroxyl groups is 1. The number of aliphatic hydroxyl groups excluding tert-OH is 1. The van der Waals surface area contributed by atoms with Crippen LogP contribution in [0.3, 0.4) is 0 Å². The van der Waals surface area contributed by atoms with E-state index in [0.29, 0.717) is 18.4 Å². The van der Waals surface area contributed by atoms with Gasteiger partial charge in [0.1, 0.15) is 17.7 Å². The van der Waals surface area contributed by atoms with Gasteiger partial charge in [-0.25, -0.2) is 0 Å². The summed E-state index contributed by atoms with van der Waals surface area (Å²) in [5, 5.41) is 10.6. The number of hydrogen-bond acceptors (Lipinski definition) is 7. The maximum atomic E-state index is 14.8. The van der Waals surface area contributed by atoms with Gasteiger partial charge < -0.3 is 29.3 Å². The maximum absolute atomic E-state index is 14.8. The molecule has 11 heteroatoms. The first-order valence-electron chi connectivity index (χ1n) is 17.6. The molecule has 0 aromatic heterocycles. The number of nitrogens with zero attached hydrogens (tertiary/aromatic N) is 3. The molecule has 49 heavy (non-hydrogen) atoms. The molecule has 270 valence electrons. The predicted octanol–water partition coefficient (Wildman–Crippen LogP) is 5.05. The summed E-state index contributed by atoms with van der Waals surface area (Å²) in [6.45, 7) is 17.2. The minimum atomic E-state index is -1.31. The van der Waals surface area contributed by atoms with Crippen LogP contribution >= 0.6 is 15.9 Å². The van der Waals surface area contributed by atoms with Crippen molar-refractivity contribution < 1.29 is 33.8 Å². The highest BCUT2D eigenvalue weighted by atomic mass is 79.9. The number of benzene rings is 1. The van der Waals surface area contributed by atoms with Gasteiger partial charge in [0.15, 0.2) is 0 Å². The minimum Gasteiger partial charge on any atom is -0.455 e. The number of likely N-dealkylation sites (N-methyl/N-ethyl adjacent to an activating group) is 1. The maximum Gasteiger partial charge on any atom is 0.313 e. The number of ether oxygens (including phenoxy) is 2. The lowest BCUT2D eigenvalue weighted by Gasteiger charge is -2.41. The fourth-order valence-electron chi connectivity index (χ4n) is 8.07. The van der Waals surface area contributed by atoms with Crippen LogP contribution in [-0.2, 0) is 28.7 Å². The second kappa shape index (κ2) is 16.3. The first kappa shape index (κ1) is 38.8. The molecule has 3 aliphatic rings. The summed E-state index contributed by atoms with van der Waals surface area (Å²) in [5.74, 6) is -3.59. The molecule has 0 saturated carbocycles. The minimum absolute atomic E-state index is 0.111. The zero-order valence-corrected chi connectivity index (χ0v) is 31.4. The Bertz CT molecular complexity index is 1370. The van der Waals surface area contributed by atoms with Gasteiger partial charge in [-0.15, -0.1) is 13.2 Å². The standard InChI is InChI=1S/C38H54BrN3O7/c1-9-12-19-29(44)40(8)25(7)32(26-17-14-13-15-18-26)48-37(47)30-31-35(45)42(28(22-43)23(4)5)34(38(31)21-27(39)33(30)49-38)36(46)41(20-11-3)24(6)16-10-2/h9,11,13-15,17-18,23-25,27-28,30-34,43H,1,3,10,12,16,19-22H2,2,4-8H3/t24?,25-,27?,28-,30-,31+,32+,33-,34-,38+/m0/s1. The van der Waals surface area contributed by atoms with E-state index >= 15 is 0 Å². The zero-order chi connectivity index (χ0) is 36.2. The van der Waals surface area contributed by atoms with Crippen LogP contribution < -0.4 is 0 Å². The monoisotopic (exact) mass is 743 g/mol. The summed E-state index contributed by atoms with van der Waals surface area (Å²) in [7, 11) is 1.69. The number of alkyl halides is 1. The third-order valence-electron chi connectivity index (χ3n) is 10.8. The fourth-order valence-corrected chi connectivity index (χ4v) is 9.02. The molecule has 10 atom stereocenters. The van der Waals surface area contributed by atoms with Gasteiger partial charge in [-0.05, 0) is 44.6 Å². The van der Waals surface area contributed by atoms with Crippen molar-refractivity contribution in [1.29, 1.82) is 0 Å². The summed E-state index contributed by atoms with van der Waals surface area (Å²) in [4.78, 5) is 61.6. The van der Waals surface area contributed by atoms with Gasteiger partial charge >= 0.3 is 5.97 Å². The molecule has 3 fully saturated rings. The van der Waals surface area contributed by atoms with Gasteiger partial charge in [0, 0.05) is 30.9 Å². The van der Waals surface area contributed by atoms with E-state index in [0.717, 1.165) is 12.8 Å². The van der Waals surface area contributed by atoms with Gasteiger partial charge in [0.05, 0.1) is 36.6 Å². The average Bonchev–Trinajstić information content (AvgIpc) is 3.67. The number of rotatable bonds is 17. The van der Waals surface area contributed by atoms with Crippen molar-refractivity contribution in [2.24, 2.45) is 17.8 Å². The van der Waals surface area contributed by atoms with Crippen molar-refractivity contribution in [3.63, 3.8) is 0 Å². The summed E-state index contributed by atoms with van der Waals surface area (Å²) >= 11 is 3.75. The highest BCUT2D eigenvalue weighted by molar-refractivity contribution is 9.09. The van der Waals surface area contributed by atoms with Crippen molar-refractivity contribution in [3.05, 3.63) is 61.2 Å². The Morgan fingerprint density at radius 3 is 2.41 bits per heavy atom. The third kappa shape index (κ3) is 7.26. The molecule has 3 aliphatic heterocycles. The van der Waals surface area contributed by atoms with Gasteiger partial charge in [-0.2, -0.15) is 0 Å². The van der Waals surface area contributed by atoms with Gasteiger partial charge in [0.2, 0.25) is 17.7 Å². The van der Waals surface area contributed by atoms with Crippen LogP contribution in [0.15, 0.2) is 55.6 Å². The number of esters is 1. The normalized spacial score (nSPS) is 28.1. The molecule has 0 radical (unpaired) electrons. The van der Waals surface area contributed by atoms with E-state index in [9.17, 15) is 24.3 Å². The van der Waals surface area contributed by atoms with Crippen molar-refractivity contribution in [1.82, 2.24) is 14.7 Å². The Hall–Kier alpha value is -3.02. The van der Waals surface area contributed by atoms with Gasteiger partial charge in [-0.3, -0.25) is 19.2 Å². The smallest absolute Gasteiger partial charge is 0.313 e. The molecule has 1 aromatic rings. The summed E-state index contributed by atoms with van der Waals surface area (Å²) in [6, 6.07) is 6.86. The van der Waals surface area contributed by atoms with E-state index < -0.39 is 59.6 Å². The Morgan fingerprint density at radius 2 is 1.84 bits per heavy atom. The molecule has 2 unspecified atom stereocenters. The van der Waals surface area contributed by atoms with Crippen molar-refractivity contribution in [2.75, 3.05) is 20.2 Å².